The zero-order valence-electron chi connectivity index (χ0n) is 41.3. The first-order valence-corrected chi connectivity index (χ1v) is 30.3. The van der Waals surface area contributed by atoms with Crippen molar-refractivity contribution in [2.75, 3.05) is 0 Å². The molecule has 0 saturated carbocycles. The van der Waals surface area contributed by atoms with Crippen molar-refractivity contribution in [2.24, 2.45) is 0 Å². The molecule has 0 amide bonds. The SMILES string of the molecule is Brc1cnc2c(n1)C=CC2.C1=Cc2nc(-c3ccncc3)cnc2C1.Cc1ccc(S(=O)(=O)Cl)cc1.Cc1ccc(S(=O)(=O)n2cc(I)c3nc(-c4ccncc4)cnc32)cc1.IC1=CCc2ncc(-c3ccncc3)nc21. The number of fused-ring (bicyclic) bond motifs is 4. The first-order chi connectivity index (χ1) is 37.6. The lowest BCUT2D eigenvalue weighted by Crippen LogP contribution is -2.12. The molecule has 0 bridgehead atoms. The van der Waals surface area contributed by atoms with Crippen LogP contribution in [0.15, 0.2) is 186 Å². The number of nitrogens with zero attached hydrogens (tertiary/aromatic N) is 12. The summed E-state index contributed by atoms with van der Waals surface area (Å²) in [5.41, 5.74) is 14.6. The molecule has 3 aliphatic rings. The topological polar surface area (TPSA) is 215 Å². The zero-order chi connectivity index (χ0) is 54.8. The van der Waals surface area contributed by atoms with Crippen LogP contribution in [0.5, 0.6) is 0 Å². The zero-order valence-corrected chi connectivity index (χ0v) is 49.6. The summed E-state index contributed by atoms with van der Waals surface area (Å²) in [6, 6.07) is 24.6. The highest BCUT2D eigenvalue weighted by Gasteiger charge is 2.23. The van der Waals surface area contributed by atoms with Crippen LogP contribution in [0.25, 0.3) is 60.7 Å². The maximum atomic E-state index is 13.0. The van der Waals surface area contributed by atoms with Gasteiger partial charge in [0, 0.05) is 93.6 Å². The normalized spacial score (nSPS) is 12.5. The van der Waals surface area contributed by atoms with Gasteiger partial charge >= 0.3 is 0 Å². The molecule has 2 aromatic carbocycles. The lowest BCUT2D eigenvalue weighted by atomic mass is 10.2. The van der Waals surface area contributed by atoms with E-state index in [0.29, 0.717) is 16.9 Å². The summed E-state index contributed by atoms with van der Waals surface area (Å²) in [4.78, 5) is 47.8. The molecule has 8 heterocycles. The molecule has 390 valence electrons. The van der Waals surface area contributed by atoms with E-state index in [0.717, 1.165) is 101 Å². The highest BCUT2D eigenvalue weighted by atomic mass is 127. The van der Waals surface area contributed by atoms with Gasteiger partial charge in [0.2, 0.25) is 0 Å². The van der Waals surface area contributed by atoms with Crippen LogP contribution in [-0.4, -0.2) is 75.6 Å². The lowest BCUT2D eigenvalue weighted by Gasteiger charge is -2.07. The summed E-state index contributed by atoms with van der Waals surface area (Å²) in [5.74, 6) is 0. The molecule has 8 aromatic heterocycles. The fourth-order valence-electron chi connectivity index (χ4n) is 7.64. The Bertz CT molecular complexity index is 4110. The van der Waals surface area contributed by atoms with Crippen molar-refractivity contribution in [1.82, 2.24) is 58.8 Å². The molecule has 0 unspecified atom stereocenters. The van der Waals surface area contributed by atoms with Gasteiger partial charge in [0.05, 0.1) is 89.4 Å². The second-order valence-electron chi connectivity index (χ2n) is 17.1. The average Bonchev–Trinajstić information content (AvgIpc) is 4.37. The van der Waals surface area contributed by atoms with Crippen molar-refractivity contribution < 1.29 is 16.8 Å². The third-order valence-corrected chi connectivity index (χ3v) is 16.8. The van der Waals surface area contributed by atoms with Crippen LogP contribution in [0.3, 0.4) is 0 Å². The predicted octanol–water partition coefficient (Wildman–Crippen LogP) is 12.4. The Morgan fingerprint density at radius 3 is 1.54 bits per heavy atom. The largest absolute Gasteiger partial charge is 0.269 e. The van der Waals surface area contributed by atoms with Crippen LogP contribution in [0.2, 0.25) is 0 Å². The van der Waals surface area contributed by atoms with Gasteiger partial charge in [0.25, 0.3) is 19.1 Å². The molecule has 22 heteroatoms. The van der Waals surface area contributed by atoms with Crippen molar-refractivity contribution in [3.8, 4) is 33.8 Å². The van der Waals surface area contributed by atoms with Gasteiger partial charge in [-0.3, -0.25) is 29.9 Å². The highest BCUT2D eigenvalue weighted by molar-refractivity contribution is 14.1. The number of rotatable bonds is 6. The Morgan fingerprint density at radius 1 is 0.538 bits per heavy atom. The van der Waals surface area contributed by atoms with Gasteiger partial charge in [-0.2, -0.15) is 0 Å². The van der Waals surface area contributed by atoms with E-state index in [-0.39, 0.29) is 9.79 Å². The summed E-state index contributed by atoms with van der Waals surface area (Å²) in [6.07, 6.45) is 32.0. The number of hydrogen-bond donors (Lipinski definition) is 0. The summed E-state index contributed by atoms with van der Waals surface area (Å²) in [7, 11) is -2.20. The van der Waals surface area contributed by atoms with Crippen molar-refractivity contribution in [3.63, 3.8) is 0 Å². The molecular weight excluding hydrogens is 1340 g/mol. The van der Waals surface area contributed by atoms with Crippen molar-refractivity contribution in [3.05, 3.63) is 225 Å². The summed E-state index contributed by atoms with van der Waals surface area (Å²) < 4.78 is 51.3. The summed E-state index contributed by atoms with van der Waals surface area (Å²) >= 11 is 7.64. The van der Waals surface area contributed by atoms with Crippen LogP contribution in [-0.2, 0) is 38.3 Å². The number of allylic oxidation sites excluding steroid dienone is 3. The molecule has 0 saturated heterocycles. The maximum absolute atomic E-state index is 13.0. The first-order valence-electron chi connectivity index (χ1n) is 23.6. The van der Waals surface area contributed by atoms with Crippen molar-refractivity contribution in [1.29, 1.82) is 0 Å². The molecule has 16 nitrogen and oxygen atoms in total. The minimum atomic E-state index is -3.74. The molecular formula is C56H42BrClI2N12O4S2. The number of pyridine rings is 3. The fourth-order valence-corrected chi connectivity index (χ4v) is 11.5. The molecule has 3 aliphatic carbocycles. The van der Waals surface area contributed by atoms with Gasteiger partial charge in [0.15, 0.2) is 5.65 Å². The molecule has 0 fully saturated rings. The van der Waals surface area contributed by atoms with Crippen LogP contribution in [0, 0.1) is 17.4 Å². The van der Waals surface area contributed by atoms with Gasteiger partial charge in [-0.05, 0) is 148 Å². The van der Waals surface area contributed by atoms with Gasteiger partial charge in [-0.15, -0.1) is 0 Å². The molecule has 10 aromatic rings. The fraction of sp³-hybridized carbons (Fsp3) is 0.0893. The van der Waals surface area contributed by atoms with Crippen molar-refractivity contribution in [2.45, 2.75) is 42.9 Å². The second kappa shape index (κ2) is 25.3. The Hall–Kier alpha value is -6.90. The lowest BCUT2D eigenvalue weighted by molar-refractivity contribution is 0.588. The smallest absolute Gasteiger partial charge is 0.265 e. The third kappa shape index (κ3) is 13.9. The number of aryl methyl sites for hydroxylation is 2. The number of aromatic nitrogens is 12. The second-order valence-corrected chi connectivity index (χ2v) is 24.6. The number of benzene rings is 2. The van der Waals surface area contributed by atoms with Crippen LogP contribution in [0.1, 0.15) is 45.3 Å². The predicted molar refractivity (Wildman–Crippen MR) is 323 cm³/mol. The minimum Gasteiger partial charge on any atom is -0.265 e. The van der Waals surface area contributed by atoms with Gasteiger partial charge in [-0.1, -0.05) is 53.6 Å². The van der Waals surface area contributed by atoms with Gasteiger partial charge < -0.3 is 0 Å². The molecule has 0 aliphatic heterocycles. The third-order valence-electron chi connectivity index (χ3n) is 11.7. The molecule has 0 N–H and O–H groups in total. The molecule has 0 spiro atoms. The quantitative estimate of drug-likeness (QED) is 0.112. The molecule has 13 rings (SSSR count). The standard InChI is InChI=1S/C18H13IN4O2S.C12H8IN3.C12H9N3.C7H5BrN2.C7H7ClO2S/c1-12-2-4-14(5-3-12)26(24,25)23-11-15(19)17-18(23)21-10-16(22-17)13-6-8-20-9-7-13;13-9-1-2-10-12(9)16-11(7-15-10)8-3-5-14-6-4-8;1-2-10-11(3-1)15-12(8-14-10)9-4-6-13-7-5-9;8-7-4-9-5-2-1-3-6(5)10-7;1-6-2-4-7(5-3-6)11(8,9)10/h2-11H,1H3;1,3-7H,2H2;1,3-8H,2H2;1,3-4H,2H2;2-5H,1H3. The van der Waals surface area contributed by atoms with E-state index in [1.807, 2.05) is 74.8 Å². The monoisotopic (exact) mass is 1380 g/mol. The Labute approximate surface area is 490 Å². The van der Waals surface area contributed by atoms with Crippen molar-refractivity contribution >= 4 is 118 Å². The Balaban J connectivity index is 0.000000124. The van der Waals surface area contributed by atoms with E-state index in [1.54, 1.807) is 92.2 Å². The Morgan fingerprint density at radius 2 is 1.00 bits per heavy atom. The summed E-state index contributed by atoms with van der Waals surface area (Å²) in [6.45, 7) is 3.79. The molecule has 78 heavy (non-hydrogen) atoms. The van der Waals surface area contributed by atoms with E-state index < -0.39 is 19.1 Å². The van der Waals surface area contributed by atoms with E-state index in [4.69, 9.17) is 10.7 Å². The summed E-state index contributed by atoms with van der Waals surface area (Å²) in [5, 5.41) is 0. The highest BCUT2D eigenvalue weighted by Crippen LogP contribution is 2.32. The molecule has 0 radical (unpaired) electrons. The van der Waals surface area contributed by atoms with E-state index >= 15 is 0 Å². The number of halogens is 4. The van der Waals surface area contributed by atoms with Gasteiger partial charge in [-0.25, -0.2) is 45.7 Å². The average molecular weight is 1380 g/mol. The minimum absolute atomic E-state index is 0.143. The van der Waals surface area contributed by atoms with Gasteiger partial charge in [0.1, 0.15) is 10.1 Å². The van der Waals surface area contributed by atoms with Crippen LogP contribution >= 0.6 is 71.8 Å². The molecule has 0 atom stereocenters. The van der Waals surface area contributed by atoms with Crippen LogP contribution < -0.4 is 0 Å². The first kappa shape index (κ1) is 55.8. The van der Waals surface area contributed by atoms with E-state index in [2.05, 4.69) is 134 Å². The maximum Gasteiger partial charge on any atom is 0.269 e. The van der Waals surface area contributed by atoms with E-state index in [9.17, 15) is 16.8 Å². The number of hydrogen-bond acceptors (Lipinski definition) is 15. The van der Waals surface area contributed by atoms with E-state index in [1.165, 1.54) is 19.7 Å². The Kier molecular flexibility index (Phi) is 18.1. The van der Waals surface area contributed by atoms with Crippen LogP contribution in [0.4, 0.5) is 0 Å².